The maximum Gasteiger partial charge on any atom is 0.180 e. The van der Waals surface area contributed by atoms with Crippen LogP contribution in [0.15, 0.2) is 36.4 Å². The molecule has 0 bridgehead atoms. The third kappa shape index (κ3) is 3.89. The Hall–Kier alpha value is -2.27. The van der Waals surface area contributed by atoms with Crippen molar-refractivity contribution in [1.29, 1.82) is 0 Å². The van der Waals surface area contributed by atoms with Gasteiger partial charge in [-0.2, -0.15) is 0 Å². The molecule has 0 saturated carbocycles. The average molecular weight is 324 g/mol. The molecule has 0 amide bonds. The summed E-state index contributed by atoms with van der Waals surface area (Å²) in [6, 6.07) is 8.44. The molecular weight excluding hydrogens is 311 g/mol. The molecule has 2 aromatic carbocycles. The summed E-state index contributed by atoms with van der Waals surface area (Å²) in [5.74, 6) is -1.33. The molecule has 0 N–H and O–H groups in total. The second kappa shape index (κ2) is 7.13. The van der Waals surface area contributed by atoms with Gasteiger partial charge in [-0.25, -0.2) is 4.39 Å². The van der Waals surface area contributed by atoms with Gasteiger partial charge in [-0.05, 0) is 36.8 Å². The first-order valence-electron chi connectivity index (χ1n) is 6.56. The van der Waals surface area contributed by atoms with Gasteiger partial charge in [-0.15, -0.1) is 0 Å². The molecule has 4 nitrogen and oxygen atoms in total. The number of ether oxygens (including phenoxy) is 2. The van der Waals surface area contributed by atoms with Crippen LogP contribution in [0.4, 0.5) is 4.39 Å². The van der Waals surface area contributed by atoms with E-state index in [-0.39, 0.29) is 34.5 Å². The monoisotopic (exact) mass is 323 g/mol. The zero-order valence-electron chi connectivity index (χ0n) is 11.8. The number of rotatable bonds is 6. The molecule has 0 aliphatic rings. The largest absolute Gasteiger partial charge is 0.545 e. The van der Waals surface area contributed by atoms with E-state index in [1.807, 2.05) is 0 Å². The van der Waals surface area contributed by atoms with Crippen LogP contribution in [-0.4, -0.2) is 12.6 Å². The highest BCUT2D eigenvalue weighted by molar-refractivity contribution is 6.32. The third-order valence-electron chi connectivity index (χ3n) is 2.82. The SMILES string of the molecule is CCOc1cc(C(=O)[O-])cc(Cl)c1OCc1cccc(F)c1. The van der Waals surface area contributed by atoms with E-state index >= 15 is 0 Å². The molecule has 0 heterocycles. The molecule has 0 spiro atoms. The standard InChI is InChI=1S/C16H14ClFO4/c1-2-21-14-8-11(16(19)20)7-13(17)15(14)22-9-10-4-3-5-12(18)6-10/h3-8H,2,9H2,1H3,(H,19,20)/p-1. The molecule has 0 saturated heterocycles. The quantitative estimate of drug-likeness (QED) is 0.820. The fraction of sp³-hybridized carbons (Fsp3) is 0.188. The van der Waals surface area contributed by atoms with E-state index < -0.39 is 5.97 Å². The maximum atomic E-state index is 13.1. The fourth-order valence-electron chi connectivity index (χ4n) is 1.87. The molecule has 116 valence electrons. The highest BCUT2D eigenvalue weighted by atomic mass is 35.5. The predicted molar refractivity (Wildman–Crippen MR) is 77.7 cm³/mol. The summed E-state index contributed by atoms with van der Waals surface area (Å²) in [6.07, 6.45) is 0. The van der Waals surface area contributed by atoms with Crippen molar-refractivity contribution in [3.05, 3.63) is 58.4 Å². The highest BCUT2D eigenvalue weighted by Crippen LogP contribution is 2.37. The molecule has 0 radical (unpaired) electrons. The normalized spacial score (nSPS) is 10.3. The molecule has 0 aliphatic carbocycles. The number of aromatic carboxylic acids is 1. The Balaban J connectivity index is 2.27. The number of carbonyl (C=O) groups excluding carboxylic acids is 1. The summed E-state index contributed by atoms with van der Waals surface area (Å²) in [5, 5.41) is 11.0. The van der Waals surface area contributed by atoms with E-state index in [1.165, 1.54) is 24.3 Å². The van der Waals surface area contributed by atoms with Gasteiger partial charge in [0.2, 0.25) is 0 Å². The number of carbonyl (C=O) groups is 1. The molecule has 0 atom stereocenters. The van der Waals surface area contributed by atoms with Crippen LogP contribution in [-0.2, 0) is 6.61 Å². The zero-order valence-corrected chi connectivity index (χ0v) is 12.5. The van der Waals surface area contributed by atoms with Crippen LogP contribution in [0.5, 0.6) is 11.5 Å². The van der Waals surface area contributed by atoms with Gasteiger partial charge in [-0.1, -0.05) is 23.7 Å². The Morgan fingerprint density at radius 3 is 2.68 bits per heavy atom. The Kier molecular flexibility index (Phi) is 5.22. The van der Waals surface area contributed by atoms with Crippen molar-refractivity contribution in [3.63, 3.8) is 0 Å². The third-order valence-corrected chi connectivity index (χ3v) is 3.10. The molecule has 0 fully saturated rings. The molecule has 2 aromatic rings. The Morgan fingerprint density at radius 1 is 1.27 bits per heavy atom. The van der Waals surface area contributed by atoms with Crippen LogP contribution >= 0.6 is 11.6 Å². The topological polar surface area (TPSA) is 58.6 Å². The molecule has 0 unspecified atom stereocenters. The minimum atomic E-state index is -1.36. The van der Waals surface area contributed by atoms with Gasteiger partial charge >= 0.3 is 0 Å². The van der Waals surface area contributed by atoms with Crippen LogP contribution in [0, 0.1) is 5.82 Å². The lowest BCUT2D eigenvalue weighted by Gasteiger charge is -2.15. The minimum absolute atomic E-state index is 0.0716. The van der Waals surface area contributed by atoms with Crippen molar-refractivity contribution in [2.24, 2.45) is 0 Å². The van der Waals surface area contributed by atoms with Crippen molar-refractivity contribution < 1.29 is 23.8 Å². The Labute approximate surface area is 132 Å². The van der Waals surface area contributed by atoms with Crippen LogP contribution in [0.3, 0.4) is 0 Å². The highest BCUT2D eigenvalue weighted by Gasteiger charge is 2.13. The minimum Gasteiger partial charge on any atom is -0.545 e. The van der Waals surface area contributed by atoms with Crippen molar-refractivity contribution in [1.82, 2.24) is 0 Å². The van der Waals surface area contributed by atoms with Crippen molar-refractivity contribution in [3.8, 4) is 11.5 Å². The second-order valence-corrected chi connectivity index (χ2v) is 4.83. The molecule has 0 aliphatic heterocycles. The lowest BCUT2D eigenvalue weighted by molar-refractivity contribution is -0.255. The summed E-state index contributed by atoms with van der Waals surface area (Å²) in [5.41, 5.74) is 0.508. The Bertz CT molecular complexity index is 688. The van der Waals surface area contributed by atoms with Crippen LogP contribution in [0.2, 0.25) is 5.02 Å². The molecule has 2 rings (SSSR count). The summed E-state index contributed by atoms with van der Waals surface area (Å²) >= 11 is 6.04. The van der Waals surface area contributed by atoms with Crippen LogP contribution in [0.25, 0.3) is 0 Å². The molecule has 22 heavy (non-hydrogen) atoms. The summed E-state index contributed by atoms with van der Waals surface area (Å²) in [4.78, 5) is 10.9. The van der Waals surface area contributed by atoms with E-state index in [9.17, 15) is 14.3 Å². The zero-order chi connectivity index (χ0) is 16.1. The van der Waals surface area contributed by atoms with Crippen molar-refractivity contribution in [2.45, 2.75) is 13.5 Å². The van der Waals surface area contributed by atoms with E-state index in [1.54, 1.807) is 19.1 Å². The number of benzene rings is 2. The smallest absolute Gasteiger partial charge is 0.180 e. The summed E-state index contributed by atoms with van der Waals surface area (Å²) in [6.45, 7) is 2.13. The molecule has 0 aromatic heterocycles. The predicted octanol–water partition coefficient (Wildman–Crippen LogP) is 2.82. The second-order valence-electron chi connectivity index (χ2n) is 4.42. The lowest BCUT2D eigenvalue weighted by atomic mass is 10.2. The lowest BCUT2D eigenvalue weighted by Crippen LogP contribution is -2.22. The van der Waals surface area contributed by atoms with Gasteiger partial charge in [0.25, 0.3) is 0 Å². The van der Waals surface area contributed by atoms with Gasteiger partial charge < -0.3 is 19.4 Å². The van der Waals surface area contributed by atoms with Crippen molar-refractivity contribution in [2.75, 3.05) is 6.61 Å². The Morgan fingerprint density at radius 2 is 2.05 bits per heavy atom. The van der Waals surface area contributed by atoms with E-state index in [0.29, 0.717) is 12.2 Å². The summed E-state index contributed by atoms with van der Waals surface area (Å²) < 4.78 is 24.0. The van der Waals surface area contributed by atoms with E-state index in [4.69, 9.17) is 21.1 Å². The number of hydrogen-bond acceptors (Lipinski definition) is 4. The van der Waals surface area contributed by atoms with Gasteiger partial charge in [0, 0.05) is 5.56 Å². The number of halogens is 2. The van der Waals surface area contributed by atoms with Gasteiger partial charge in [0.1, 0.15) is 12.4 Å². The maximum absolute atomic E-state index is 13.1. The first kappa shape index (κ1) is 16.1. The molecule has 6 heteroatoms. The van der Waals surface area contributed by atoms with Crippen LogP contribution in [0.1, 0.15) is 22.8 Å². The van der Waals surface area contributed by atoms with Gasteiger partial charge in [0.15, 0.2) is 11.5 Å². The summed E-state index contributed by atoms with van der Waals surface area (Å²) in [7, 11) is 0. The van der Waals surface area contributed by atoms with Gasteiger partial charge in [-0.3, -0.25) is 0 Å². The number of carboxylic acid groups (broad SMARTS) is 1. The van der Waals surface area contributed by atoms with E-state index in [0.717, 1.165) is 0 Å². The fourth-order valence-corrected chi connectivity index (χ4v) is 2.14. The van der Waals surface area contributed by atoms with E-state index in [2.05, 4.69) is 0 Å². The first-order chi connectivity index (χ1) is 10.5. The number of hydrogen-bond donors (Lipinski definition) is 0. The molecular formula is C16H13ClFO4-. The van der Waals surface area contributed by atoms with Crippen LogP contribution < -0.4 is 14.6 Å². The van der Waals surface area contributed by atoms with Crippen molar-refractivity contribution >= 4 is 17.6 Å². The number of carboxylic acids is 1. The average Bonchev–Trinajstić information content (AvgIpc) is 2.46. The first-order valence-corrected chi connectivity index (χ1v) is 6.94. The van der Waals surface area contributed by atoms with Gasteiger partial charge in [0.05, 0.1) is 17.6 Å².